The predicted molar refractivity (Wildman–Crippen MR) is 124 cm³/mol. The van der Waals surface area contributed by atoms with Crippen molar-refractivity contribution in [2.45, 2.75) is 58.4 Å². The Kier molecular flexibility index (Phi) is 8.68. The SMILES string of the molecule is CC(=O)OC[C@H]1O[C@@H](Oc2ccc3cc(Br)ccc3c2)[C@H](OC(C)=O)[C@@H](OC(C)=O)[C@H]1OC(C)=O. The van der Waals surface area contributed by atoms with Crippen molar-refractivity contribution < 1.29 is 47.6 Å². The number of carbonyl (C=O) groups excluding carboxylic acids is 4. The highest BCUT2D eigenvalue weighted by Crippen LogP contribution is 2.32. The van der Waals surface area contributed by atoms with Gasteiger partial charge in [0.25, 0.3) is 0 Å². The van der Waals surface area contributed by atoms with Crippen LogP contribution in [0, 0.1) is 0 Å². The molecule has 0 aromatic heterocycles. The summed E-state index contributed by atoms with van der Waals surface area (Å²) in [6.45, 7) is 4.36. The normalized spacial score (nSPS) is 23.7. The van der Waals surface area contributed by atoms with E-state index in [-0.39, 0.29) is 6.61 Å². The van der Waals surface area contributed by atoms with Crippen LogP contribution in [0.15, 0.2) is 40.9 Å². The number of hydrogen-bond donors (Lipinski definition) is 0. The fourth-order valence-electron chi connectivity index (χ4n) is 3.69. The van der Waals surface area contributed by atoms with Crippen LogP contribution >= 0.6 is 15.9 Å². The Balaban J connectivity index is 1.99. The van der Waals surface area contributed by atoms with Crippen LogP contribution in [0.2, 0.25) is 0 Å². The Morgan fingerprint density at radius 1 is 0.771 bits per heavy atom. The van der Waals surface area contributed by atoms with Gasteiger partial charge in [0.05, 0.1) is 0 Å². The minimum absolute atomic E-state index is 0.330. The molecule has 10 nitrogen and oxygen atoms in total. The van der Waals surface area contributed by atoms with Gasteiger partial charge in [-0.05, 0) is 35.0 Å². The van der Waals surface area contributed by atoms with Crippen LogP contribution in [-0.2, 0) is 42.9 Å². The molecule has 2 aromatic rings. The second-order valence-electron chi connectivity index (χ2n) is 7.84. The molecule has 0 saturated carbocycles. The minimum Gasteiger partial charge on any atom is -0.463 e. The molecular formula is C24H25BrO10. The molecule has 1 aliphatic rings. The quantitative estimate of drug-likeness (QED) is 0.373. The zero-order valence-corrected chi connectivity index (χ0v) is 21.1. The van der Waals surface area contributed by atoms with Gasteiger partial charge in [-0.15, -0.1) is 0 Å². The number of carbonyl (C=O) groups is 4. The molecular weight excluding hydrogens is 528 g/mol. The number of esters is 4. The van der Waals surface area contributed by atoms with Crippen molar-refractivity contribution in [3.63, 3.8) is 0 Å². The maximum Gasteiger partial charge on any atom is 0.303 e. The second kappa shape index (κ2) is 11.5. The summed E-state index contributed by atoms with van der Waals surface area (Å²) in [5, 5.41) is 1.82. The third-order valence-electron chi connectivity index (χ3n) is 4.97. The summed E-state index contributed by atoms with van der Waals surface area (Å²) >= 11 is 3.43. The molecule has 188 valence electrons. The van der Waals surface area contributed by atoms with Crippen molar-refractivity contribution >= 4 is 50.6 Å². The highest BCUT2D eigenvalue weighted by Gasteiger charge is 2.53. The van der Waals surface area contributed by atoms with Crippen molar-refractivity contribution in [1.82, 2.24) is 0 Å². The van der Waals surface area contributed by atoms with E-state index in [1.54, 1.807) is 12.1 Å². The summed E-state index contributed by atoms with van der Waals surface area (Å²) in [6, 6.07) is 11.0. The largest absolute Gasteiger partial charge is 0.463 e. The van der Waals surface area contributed by atoms with Gasteiger partial charge >= 0.3 is 23.9 Å². The van der Waals surface area contributed by atoms with Crippen molar-refractivity contribution in [2.75, 3.05) is 6.61 Å². The molecule has 1 heterocycles. The maximum atomic E-state index is 11.9. The van der Waals surface area contributed by atoms with E-state index < -0.39 is 54.6 Å². The monoisotopic (exact) mass is 552 g/mol. The molecule has 1 saturated heterocycles. The molecule has 0 aliphatic carbocycles. The molecule has 0 unspecified atom stereocenters. The topological polar surface area (TPSA) is 124 Å². The van der Waals surface area contributed by atoms with Crippen molar-refractivity contribution in [1.29, 1.82) is 0 Å². The zero-order valence-electron chi connectivity index (χ0n) is 19.5. The second-order valence-corrected chi connectivity index (χ2v) is 8.75. The number of rotatable bonds is 7. The maximum absolute atomic E-state index is 11.9. The average molecular weight is 553 g/mol. The van der Waals surface area contributed by atoms with E-state index in [1.807, 2.05) is 24.3 Å². The first-order valence-corrected chi connectivity index (χ1v) is 11.5. The summed E-state index contributed by atoms with van der Waals surface area (Å²) < 4.78 is 34.1. The van der Waals surface area contributed by atoms with Crippen LogP contribution in [0.5, 0.6) is 5.75 Å². The molecule has 2 aromatic carbocycles. The lowest BCUT2D eigenvalue weighted by molar-refractivity contribution is -0.288. The third kappa shape index (κ3) is 7.15. The number of fused-ring (bicyclic) bond motifs is 1. The molecule has 0 bridgehead atoms. The molecule has 35 heavy (non-hydrogen) atoms. The van der Waals surface area contributed by atoms with Crippen LogP contribution in [-0.4, -0.2) is 61.2 Å². The molecule has 0 radical (unpaired) electrons. The van der Waals surface area contributed by atoms with Crippen LogP contribution in [0.4, 0.5) is 0 Å². The Bertz CT molecular complexity index is 1120. The van der Waals surface area contributed by atoms with E-state index in [1.165, 1.54) is 13.8 Å². The van der Waals surface area contributed by atoms with Crippen molar-refractivity contribution in [3.8, 4) is 5.75 Å². The predicted octanol–water partition coefficient (Wildman–Crippen LogP) is 3.06. The van der Waals surface area contributed by atoms with Crippen molar-refractivity contribution in [2.24, 2.45) is 0 Å². The summed E-state index contributed by atoms with van der Waals surface area (Å²) in [4.78, 5) is 47.1. The minimum atomic E-state index is -1.30. The molecule has 3 rings (SSSR count). The Morgan fingerprint density at radius 3 is 1.97 bits per heavy atom. The Hall–Kier alpha value is -3.18. The molecule has 0 spiro atoms. The Morgan fingerprint density at radius 2 is 1.34 bits per heavy atom. The first kappa shape index (κ1) is 26.4. The summed E-state index contributed by atoms with van der Waals surface area (Å²) in [5.41, 5.74) is 0. The fraction of sp³-hybridized carbons (Fsp3) is 0.417. The molecule has 0 N–H and O–H groups in total. The van der Waals surface area contributed by atoms with Crippen LogP contribution in [0.25, 0.3) is 10.8 Å². The van der Waals surface area contributed by atoms with E-state index in [4.69, 9.17) is 28.4 Å². The van der Waals surface area contributed by atoms with Gasteiger partial charge in [0.2, 0.25) is 12.4 Å². The standard InChI is InChI=1S/C24H25BrO10/c1-12(26)30-11-20-21(31-13(2)27)22(32-14(3)28)23(33-15(4)29)24(35-20)34-19-8-6-16-9-18(25)7-5-17(16)10-19/h5-10,20-24H,11H2,1-4H3/t20-,21+,22+,23-,24-/m1/s1. The summed E-state index contributed by atoms with van der Waals surface area (Å²) in [5.74, 6) is -2.34. The van der Waals surface area contributed by atoms with Gasteiger partial charge < -0.3 is 28.4 Å². The highest BCUT2D eigenvalue weighted by atomic mass is 79.9. The number of hydrogen-bond acceptors (Lipinski definition) is 10. The molecule has 11 heteroatoms. The van der Waals surface area contributed by atoms with Gasteiger partial charge in [0.1, 0.15) is 18.5 Å². The first-order valence-electron chi connectivity index (χ1n) is 10.7. The van der Waals surface area contributed by atoms with E-state index >= 15 is 0 Å². The van der Waals surface area contributed by atoms with E-state index in [2.05, 4.69) is 15.9 Å². The van der Waals surface area contributed by atoms with Crippen LogP contribution < -0.4 is 4.74 Å². The van der Waals surface area contributed by atoms with Gasteiger partial charge in [-0.3, -0.25) is 19.2 Å². The lowest BCUT2D eigenvalue weighted by Gasteiger charge is -2.43. The number of ether oxygens (including phenoxy) is 6. The lowest BCUT2D eigenvalue weighted by atomic mass is 9.98. The van der Waals surface area contributed by atoms with Crippen molar-refractivity contribution in [3.05, 3.63) is 40.9 Å². The highest BCUT2D eigenvalue weighted by molar-refractivity contribution is 9.10. The van der Waals surface area contributed by atoms with Gasteiger partial charge in [0.15, 0.2) is 12.2 Å². The van der Waals surface area contributed by atoms with Gasteiger partial charge in [0, 0.05) is 32.2 Å². The van der Waals surface area contributed by atoms with E-state index in [0.29, 0.717) is 5.75 Å². The zero-order chi connectivity index (χ0) is 25.7. The third-order valence-corrected chi connectivity index (χ3v) is 5.47. The molecule has 1 aliphatic heterocycles. The van der Waals surface area contributed by atoms with Gasteiger partial charge in [-0.2, -0.15) is 0 Å². The molecule has 5 atom stereocenters. The van der Waals surface area contributed by atoms with Crippen LogP contribution in [0.1, 0.15) is 27.7 Å². The smallest absolute Gasteiger partial charge is 0.303 e. The fourth-order valence-corrected chi connectivity index (χ4v) is 4.06. The molecule has 0 amide bonds. The number of halogens is 1. The van der Waals surface area contributed by atoms with Crippen LogP contribution in [0.3, 0.4) is 0 Å². The summed E-state index contributed by atoms with van der Waals surface area (Å²) in [6.07, 6.45) is -6.20. The van der Waals surface area contributed by atoms with Gasteiger partial charge in [-0.1, -0.05) is 28.1 Å². The average Bonchev–Trinajstić information content (AvgIpc) is 2.75. The lowest BCUT2D eigenvalue weighted by Crippen LogP contribution is -2.63. The summed E-state index contributed by atoms with van der Waals surface area (Å²) in [7, 11) is 0. The first-order chi connectivity index (χ1) is 16.5. The van der Waals surface area contributed by atoms with Gasteiger partial charge in [-0.25, -0.2) is 0 Å². The van der Waals surface area contributed by atoms with E-state index in [0.717, 1.165) is 29.1 Å². The van der Waals surface area contributed by atoms with E-state index in [9.17, 15) is 19.2 Å². The Labute approximate surface area is 209 Å². The number of benzene rings is 2. The molecule has 1 fully saturated rings.